The number of hydrogen-bond donors (Lipinski definition) is 0. The molecule has 1 rings (SSSR count). The Morgan fingerprint density at radius 2 is 2.31 bits per heavy atom. The van der Waals surface area contributed by atoms with E-state index < -0.39 is 5.60 Å². The van der Waals surface area contributed by atoms with Gasteiger partial charge in [-0.15, -0.1) is 11.8 Å². The Bertz CT molecular complexity index is 263. The summed E-state index contributed by atoms with van der Waals surface area (Å²) in [7, 11) is 0. The molecule has 13 heavy (non-hydrogen) atoms. The fourth-order valence-corrected chi connectivity index (χ4v) is 1.40. The Hall–Kier alpha value is -0.770. The van der Waals surface area contributed by atoms with Crippen LogP contribution < -0.4 is 0 Å². The molecule has 0 spiro atoms. The van der Waals surface area contributed by atoms with E-state index in [0.29, 0.717) is 4.91 Å². The lowest BCUT2D eigenvalue weighted by Gasteiger charge is -2.20. The fraction of sp³-hybridized carbons (Fsp3) is 0.556. The summed E-state index contributed by atoms with van der Waals surface area (Å²) < 4.78 is 5.18. The molecule has 0 saturated carbocycles. The summed E-state index contributed by atoms with van der Waals surface area (Å²) in [5, 5.41) is 0. The maximum Gasteiger partial charge on any atom is 0.346 e. The van der Waals surface area contributed by atoms with Crippen molar-refractivity contribution >= 4 is 23.9 Å². The number of carbonyl (C=O) groups excluding carboxylic acids is 1. The minimum Gasteiger partial charge on any atom is -0.456 e. The van der Waals surface area contributed by atoms with Crippen molar-refractivity contribution in [3.05, 3.63) is 11.1 Å². The first-order valence-electron chi connectivity index (χ1n) is 4.07. The van der Waals surface area contributed by atoms with Crippen LogP contribution in [0, 0.1) is 0 Å². The third-order valence-electron chi connectivity index (χ3n) is 1.21. The zero-order chi connectivity index (χ0) is 9.90. The Labute approximate surface area is 82.3 Å². The van der Waals surface area contributed by atoms with E-state index in [0.717, 1.165) is 5.75 Å². The molecule has 0 aliphatic carbocycles. The first kappa shape index (κ1) is 10.3. The molecule has 0 aromatic rings. The molecule has 0 bridgehead atoms. The number of thioether (sulfide) groups is 1. The zero-order valence-electron chi connectivity index (χ0n) is 8.03. The van der Waals surface area contributed by atoms with Crippen LogP contribution in [0.4, 0.5) is 0 Å². The second-order valence-electron chi connectivity index (χ2n) is 3.64. The standard InChI is InChI=1S/C9H13NO2S/c1-9(2,3)12-8(11)7-6-10-4-5-13-7/h4,6H,5H2,1-3H3. The van der Waals surface area contributed by atoms with Gasteiger partial charge in [-0.25, -0.2) is 4.79 Å². The van der Waals surface area contributed by atoms with Gasteiger partial charge in [0.05, 0.1) is 0 Å². The summed E-state index contributed by atoms with van der Waals surface area (Å²) in [5.74, 6) is 0.458. The van der Waals surface area contributed by atoms with Crippen molar-refractivity contribution in [3.8, 4) is 0 Å². The Kier molecular flexibility index (Phi) is 3.14. The summed E-state index contributed by atoms with van der Waals surface area (Å²) in [5.41, 5.74) is -0.431. The van der Waals surface area contributed by atoms with Crippen LogP contribution in [-0.4, -0.2) is 23.5 Å². The topological polar surface area (TPSA) is 38.7 Å². The molecule has 0 fully saturated rings. The molecular weight excluding hydrogens is 186 g/mol. The van der Waals surface area contributed by atoms with Crippen molar-refractivity contribution in [2.24, 2.45) is 4.99 Å². The van der Waals surface area contributed by atoms with Gasteiger partial charge in [0.2, 0.25) is 0 Å². The number of rotatable bonds is 1. The van der Waals surface area contributed by atoms with Gasteiger partial charge in [0.15, 0.2) is 0 Å². The van der Waals surface area contributed by atoms with Gasteiger partial charge in [-0.2, -0.15) is 0 Å². The molecule has 0 radical (unpaired) electrons. The molecule has 0 aromatic heterocycles. The van der Waals surface area contributed by atoms with E-state index in [1.165, 1.54) is 11.8 Å². The highest BCUT2D eigenvalue weighted by atomic mass is 32.2. The van der Waals surface area contributed by atoms with Gasteiger partial charge in [-0.1, -0.05) is 0 Å². The van der Waals surface area contributed by atoms with E-state index in [1.807, 2.05) is 20.8 Å². The third kappa shape index (κ3) is 3.63. The van der Waals surface area contributed by atoms with Crippen LogP contribution in [0.1, 0.15) is 20.8 Å². The van der Waals surface area contributed by atoms with E-state index in [9.17, 15) is 4.79 Å². The van der Waals surface area contributed by atoms with Crippen LogP contribution in [0.15, 0.2) is 16.1 Å². The number of nitrogens with zero attached hydrogens (tertiary/aromatic N) is 1. The monoisotopic (exact) mass is 199 g/mol. The van der Waals surface area contributed by atoms with Crippen molar-refractivity contribution in [3.63, 3.8) is 0 Å². The highest BCUT2D eigenvalue weighted by Crippen LogP contribution is 2.21. The van der Waals surface area contributed by atoms with Crippen LogP contribution >= 0.6 is 11.8 Å². The molecule has 0 aromatic carbocycles. The van der Waals surface area contributed by atoms with Crippen LogP contribution in [-0.2, 0) is 9.53 Å². The molecule has 1 aliphatic rings. The van der Waals surface area contributed by atoms with Crippen LogP contribution in [0.3, 0.4) is 0 Å². The summed E-state index contributed by atoms with van der Waals surface area (Å²) in [6.07, 6.45) is 3.31. The van der Waals surface area contributed by atoms with Crippen molar-refractivity contribution in [2.75, 3.05) is 5.75 Å². The maximum atomic E-state index is 11.4. The predicted octanol–water partition coefficient (Wildman–Crippen LogP) is 1.99. The van der Waals surface area contributed by atoms with Gasteiger partial charge in [-0.05, 0) is 20.8 Å². The first-order valence-corrected chi connectivity index (χ1v) is 5.05. The molecular formula is C9H13NO2S. The quantitative estimate of drug-likeness (QED) is 0.606. The molecule has 0 atom stereocenters. The number of hydrogen-bond acceptors (Lipinski definition) is 4. The molecule has 0 amide bonds. The molecule has 72 valence electrons. The molecule has 4 heteroatoms. The SMILES string of the molecule is CC(C)(C)OC(=O)C1=CN=CCS1. The predicted molar refractivity (Wildman–Crippen MR) is 54.9 cm³/mol. The average Bonchev–Trinajstić information content (AvgIpc) is 2.03. The Balaban J connectivity index is 2.58. The second-order valence-corrected chi connectivity index (χ2v) is 4.70. The third-order valence-corrected chi connectivity index (χ3v) is 2.11. The number of aliphatic imine (C=N–C) groups is 1. The van der Waals surface area contributed by atoms with E-state index in [2.05, 4.69) is 4.99 Å². The lowest BCUT2D eigenvalue weighted by atomic mass is 10.2. The first-order chi connectivity index (χ1) is 5.99. The van der Waals surface area contributed by atoms with Crippen molar-refractivity contribution in [2.45, 2.75) is 26.4 Å². The van der Waals surface area contributed by atoms with Crippen LogP contribution in [0.25, 0.3) is 0 Å². The summed E-state index contributed by atoms with van der Waals surface area (Å²) in [4.78, 5) is 15.9. The van der Waals surface area contributed by atoms with E-state index in [-0.39, 0.29) is 5.97 Å². The second kappa shape index (κ2) is 3.96. The lowest BCUT2D eigenvalue weighted by Crippen LogP contribution is -2.24. The highest BCUT2D eigenvalue weighted by Gasteiger charge is 2.20. The largest absolute Gasteiger partial charge is 0.456 e. The van der Waals surface area contributed by atoms with Crippen molar-refractivity contribution in [1.29, 1.82) is 0 Å². The van der Waals surface area contributed by atoms with Gasteiger partial charge in [0, 0.05) is 18.2 Å². The highest BCUT2D eigenvalue weighted by molar-refractivity contribution is 8.04. The van der Waals surface area contributed by atoms with Crippen LogP contribution in [0.2, 0.25) is 0 Å². The van der Waals surface area contributed by atoms with Gasteiger partial charge in [0.25, 0.3) is 0 Å². The molecule has 1 heterocycles. The van der Waals surface area contributed by atoms with E-state index in [4.69, 9.17) is 4.74 Å². The summed E-state index contributed by atoms with van der Waals surface area (Å²) in [6.45, 7) is 5.55. The van der Waals surface area contributed by atoms with E-state index in [1.54, 1.807) is 12.4 Å². The number of esters is 1. The number of ether oxygens (including phenoxy) is 1. The number of carbonyl (C=O) groups is 1. The lowest BCUT2D eigenvalue weighted by molar-refractivity contribution is -0.148. The summed E-state index contributed by atoms with van der Waals surface area (Å²) >= 11 is 1.45. The minimum atomic E-state index is -0.431. The van der Waals surface area contributed by atoms with Gasteiger partial charge in [0.1, 0.15) is 10.5 Å². The zero-order valence-corrected chi connectivity index (χ0v) is 8.85. The van der Waals surface area contributed by atoms with Crippen molar-refractivity contribution < 1.29 is 9.53 Å². The maximum absolute atomic E-state index is 11.4. The van der Waals surface area contributed by atoms with Crippen molar-refractivity contribution in [1.82, 2.24) is 0 Å². The fourth-order valence-electron chi connectivity index (χ4n) is 0.768. The average molecular weight is 199 g/mol. The molecule has 1 aliphatic heterocycles. The molecule has 3 nitrogen and oxygen atoms in total. The van der Waals surface area contributed by atoms with E-state index >= 15 is 0 Å². The smallest absolute Gasteiger partial charge is 0.346 e. The summed E-state index contributed by atoms with van der Waals surface area (Å²) in [6, 6.07) is 0. The van der Waals surface area contributed by atoms with Gasteiger partial charge < -0.3 is 4.74 Å². The minimum absolute atomic E-state index is 0.283. The normalized spacial score (nSPS) is 16.7. The van der Waals surface area contributed by atoms with Gasteiger partial charge >= 0.3 is 5.97 Å². The Morgan fingerprint density at radius 1 is 1.62 bits per heavy atom. The molecule has 0 saturated heterocycles. The molecule has 0 N–H and O–H groups in total. The van der Waals surface area contributed by atoms with Gasteiger partial charge in [-0.3, -0.25) is 4.99 Å². The van der Waals surface area contributed by atoms with Crippen LogP contribution in [0.5, 0.6) is 0 Å². The Morgan fingerprint density at radius 3 is 2.77 bits per heavy atom. The molecule has 0 unspecified atom stereocenters.